The van der Waals surface area contributed by atoms with Crippen molar-refractivity contribution in [3.05, 3.63) is 84.4 Å². The zero-order valence-electron chi connectivity index (χ0n) is 12.7. The van der Waals surface area contributed by atoms with Crippen molar-refractivity contribution in [3.8, 4) is 0 Å². The summed E-state index contributed by atoms with van der Waals surface area (Å²) in [5.74, 6) is -1.07. The highest BCUT2D eigenvalue weighted by Crippen LogP contribution is 2.39. The van der Waals surface area contributed by atoms with Crippen LogP contribution < -0.4 is 0 Å². The third-order valence-corrected chi connectivity index (χ3v) is 4.74. The third kappa shape index (κ3) is 1.71. The maximum Gasteiger partial charge on any atom is 0.134 e. The third-order valence-electron chi connectivity index (χ3n) is 4.74. The molecule has 0 N–H and O–H groups in total. The lowest BCUT2D eigenvalue weighted by Gasteiger charge is -2.13. The summed E-state index contributed by atoms with van der Waals surface area (Å²) in [5.41, 5.74) is 0. The summed E-state index contributed by atoms with van der Waals surface area (Å²) in [6.07, 6.45) is 0. The van der Waals surface area contributed by atoms with E-state index in [0.717, 1.165) is 38.4 Å². The highest BCUT2D eigenvalue weighted by molar-refractivity contribution is 6.31. The zero-order valence-corrected chi connectivity index (χ0v) is 12.7. The van der Waals surface area contributed by atoms with Crippen molar-refractivity contribution in [2.75, 3.05) is 0 Å². The van der Waals surface area contributed by atoms with Crippen molar-refractivity contribution < 1.29 is 8.78 Å². The van der Waals surface area contributed by atoms with Crippen molar-refractivity contribution in [2.45, 2.75) is 0 Å². The molecule has 114 valence electrons. The molecule has 0 heterocycles. The van der Waals surface area contributed by atoms with Crippen molar-refractivity contribution >= 4 is 43.1 Å². The van der Waals surface area contributed by atoms with Gasteiger partial charge >= 0.3 is 0 Å². The molecule has 5 aromatic rings. The van der Waals surface area contributed by atoms with E-state index in [1.165, 1.54) is 6.07 Å². The molecule has 0 fully saturated rings. The van der Waals surface area contributed by atoms with Gasteiger partial charge < -0.3 is 0 Å². The van der Waals surface area contributed by atoms with Gasteiger partial charge in [-0.2, -0.15) is 0 Å². The molecule has 0 unspecified atom stereocenters. The second-order valence-electron chi connectivity index (χ2n) is 6.07. The van der Waals surface area contributed by atoms with Crippen LogP contribution in [0, 0.1) is 11.6 Å². The van der Waals surface area contributed by atoms with Gasteiger partial charge in [0.25, 0.3) is 0 Å². The fourth-order valence-electron chi connectivity index (χ4n) is 3.77. The Morgan fingerprint density at radius 2 is 1.04 bits per heavy atom. The van der Waals surface area contributed by atoms with E-state index in [2.05, 4.69) is 18.2 Å². The summed E-state index contributed by atoms with van der Waals surface area (Å²) in [7, 11) is 0. The predicted molar refractivity (Wildman–Crippen MR) is 96.4 cm³/mol. The molecule has 5 aromatic carbocycles. The molecule has 2 heteroatoms. The van der Waals surface area contributed by atoms with E-state index >= 15 is 0 Å². The lowest BCUT2D eigenvalue weighted by Crippen LogP contribution is -1.89. The van der Waals surface area contributed by atoms with Gasteiger partial charge in [-0.15, -0.1) is 0 Å². The van der Waals surface area contributed by atoms with E-state index < -0.39 is 11.6 Å². The first-order valence-electron chi connectivity index (χ1n) is 7.85. The quantitative estimate of drug-likeness (QED) is 0.283. The molecule has 0 radical (unpaired) electrons. The largest absolute Gasteiger partial charge is 0.207 e. The van der Waals surface area contributed by atoms with E-state index in [1.807, 2.05) is 36.4 Å². The van der Waals surface area contributed by atoms with Crippen LogP contribution in [-0.2, 0) is 0 Å². The molecule has 24 heavy (non-hydrogen) atoms. The average molecular weight is 314 g/mol. The molecule has 0 aliphatic heterocycles. The molecular formula is C22H12F2. The Hall–Kier alpha value is -3.00. The summed E-state index contributed by atoms with van der Waals surface area (Å²) in [5, 5.41) is 7.19. The molecule has 0 aliphatic carbocycles. The normalized spacial score (nSPS) is 11.8. The maximum atomic E-state index is 14.7. The van der Waals surface area contributed by atoms with Crippen LogP contribution in [0.15, 0.2) is 72.8 Å². The first-order chi connectivity index (χ1) is 11.7. The summed E-state index contributed by atoms with van der Waals surface area (Å²) in [4.78, 5) is 0. The van der Waals surface area contributed by atoms with Crippen LogP contribution in [0.3, 0.4) is 0 Å². The average Bonchev–Trinajstić information content (AvgIpc) is 2.61. The molecule has 0 nitrogen and oxygen atoms in total. The maximum absolute atomic E-state index is 14.7. The molecule has 5 rings (SSSR count). The minimum Gasteiger partial charge on any atom is -0.207 e. The molecule has 0 saturated heterocycles. The van der Waals surface area contributed by atoms with Crippen molar-refractivity contribution in [1.29, 1.82) is 0 Å². The van der Waals surface area contributed by atoms with E-state index in [0.29, 0.717) is 10.8 Å². The Morgan fingerprint density at radius 3 is 1.71 bits per heavy atom. The van der Waals surface area contributed by atoms with E-state index in [4.69, 9.17) is 0 Å². The van der Waals surface area contributed by atoms with E-state index in [9.17, 15) is 8.78 Å². The fourth-order valence-corrected chi connectivity index (χ4v) is 3.77. The molecule has 0 atom stereocenters. The monoisotopic (exact) mass is 314 g/mol. The molecule has 0 spiro atoms. The second kappa shape index (κ2) is 4.75. The molecule has 0 aliphatic rings. The van der Waals surface area contributed by atoms with Gasteiger partial charge in [-0.1, -0.05) is 60.7 Å². The number of halogens is 2. The Balaban J connectivity index is 2.21. The van der Waals surface area contributed by atoms with Gasteiger partial charge in [0.1, 0.15) is 11.6 Å². The molecule has 0 saturated carbocycles. The summed E-state index contributed by atoms with van der Waals surface area (Å²) in [6, 6.07) is 22.3. The van der Waals surface area contributed by atoms with Gasteiger partial charge in [-0.05, 0) is 38.4 Å². The van der Waals surface area contributed by atoms with Crippen molar-refractivity contribution in [1.82, 2.24) is 0 Å². The number of rotatable bonds is 0. The number of fused-ring (bicyclic) bond motifs is 8. The number of hydrogen-bond donors (Lipinski definition) is 0. The van der Waals surface area contributed by atoms with Crippen LogP contribution in [0.5, 0.6) is 0 Å². The Kier molecular flexibility index (Phi) is 2.66. The SMILES string of the molecule is Fc1cc(F)c2c(ccc3c4ccccc4c4ccccc4c32)c1. The van der Waals surface area contributed by atoms with Crippen LogP contribution >= 0.6 is 0 Å². The highest BCUT2D eigenvalue weighted by atomic mass is 19.1. The summed E-state index contributed by atoms with van der Waals surface area (Å²) in [6.45, 7) is 0. The number of hydrogen-bond acceptors (Lipinski definition) is 0. The highest BCUT2D eigenvalue weighted by Gasteiger charge is 2.14. The van der Waals surface area contributed by atoms with Gasteiger partial charge in [0.2, 0.25) is 0 Å². The molecule has 0 aromatic heterocycles. The van der Waals surface area contributed by atoms with Crippen LogP contribution in [0.4, 0.5) is 8.78 Å². The minimum absolute atomic E-state index is 0.482. The molecular weight excluding hydrogens is 302 g/mol. The lowest BCUT2D eigenvalue weighted by atomic mass is 9.91. The first kappa shape index (κ1) is 13.4. The Labute approximate surface area is 136 Å². The van der Waals surface area contributed by atoms with Crippen molar-refractivity contribution in [3.63, 3.8) is 0 Å². The summed E-state index contributed by atoms with van der Waals surface area (Å²) >= 11 is 0. The zero-order chi connectivity index (χ0) is 16.3. The van der Waals surface area contributed by atoms with Crippen LogP contribution in [0.25, 0.3) is 43.1 Å². The first-order valence-corrected chi connectivity index (χ1v) is 7.85. The second-order valence-corrected chi connectivity index (χ2v) is 6.07. The van der Waals surface area contributed by atoms with Crippen molar-refractivity contribution in [2.24, 2.45) is 0 Å². The Bertz CT molecular complexity index is 1230. The molecule has 0 bridgehead atoms. The van der Waals surface area contributed by atoms with E-state index in [1.54, 1.807) is 6.07 Å². The summed E-state index contributed by atoms with van der Waals surface area (Å²) < 4.78 is 28.3. The van der Waals surface area contributed by atoms with Gasteiger partial charge in [-0.25, -0.2) is 8.78 Å². The minimum atomic E-state index is -0.551. The van der Waals surface area contributed by atoms with Crippen LogP contribution in [0.2, 0.25) is 0 Å². The number of benzene rings is 5. The van der Waals surface area contributed by atoms with Gasteiger partial charge in [0.05, 0.1) is 0 Å². The standard InChI is InChI=1S/C22H12F2/c23-14-11-13-9-10-19-17-7-2-1-5-15(17)16-6-3-4-8-18(16)22(19)21(13)20(24)12-14/h1-12H. The Morgan fingerprint density at radius 1 is 0.500 bits per heavy atom. The van der Waals surface area contributed by atoms with E-state index in [-0.39, 0.29) is 0 Å². The van der Waals surface area contributed by atoms with Crippen LogP contribution in [-0.4, -0.2) is 0 Å². The predicted octanol–water partition coefficient (Wildman–Crippen LogP) is 6.58. The topological polar surface area (TPSA) is 0 Å². The smallest absolute Gasteiger partial charge is 0.134 e. The fraction of sp³-hybridized carbons (Fsp3) is 0. The van der Waals surface area contributed by atoms with Gasteiger partial charge in [0.15, 0.2) is 0 Å². The van der Waals surface area contributed by atoms with Gasteiger partial charge in [0, 0.05) is 16.8 Å². The van der Waals surface area contributed by atoms with Crippen LogP contribution in [0.1, 0.15) is 0 Å². The molecule has 0 amide bonds. The van der Waals surface area contributed by atoms with Gasteiger partial charge in [-0.3, -0.25) is 0 Å². The lowest BCUT2D eigenvalue weighted by molar-refractivity contribution is 0.592.